The van der Waals surface area contributed by atoms with Crippen LogP contribution in [-0.4, -0.2) is 40.0 Å². The highest BCUT2D eigenvalue weighted by molar-refractivity contribution is 5.95. The van der Waals surface area contributed by atoms with E-state index in [2.05, 4.69) is 34.6 Å². The highest BCUT2D eigenvalue weighted by Crippen LogP contribution is 2.71. The number of carboxylic acids is 2. The van der Waals surface area contributed by atoms with Crippen molar-refractivity contribution in [3.8, 4) is 0 Å². The molecular weight excluding hydrogens is 556 g/mol. The molecule has 44 heavy (non-hydrogen) atoms. The van der Waals surface area contributed by atoms with Gasteiger partial charge in [-0.2, -0.15) is 0 Å². The Bertz CT molecular complexity index is 1280. The van der Waals surface area contributed by atoms with Crippen LogP contribution >= 0.6 is 0 Å². The van der Waals surface area contributed by atoms with E-state index in [0.717, 1.165) is 51.4 Å². The van der Waals surface area contributed by atoms with Crippen LogP contribution in [0.15, 0.2) is 11.6 Å². The molecule has 0 bridgehead atoms. The fraction of sp³-hybridized carbons (Fsp3) is 0.838. The predicted molar refractivity (Wildman–Crippen MR) is 165 cm³/mol. The zero-order chi connectivity index (χ0) is 32.0. The number of rotatable bonds is 4. The largest absolute Gasteiger partial charge is 0.481 e. The normalized spacial score (nSPS) is 48.0. The van der Waals surface area contributed by atoms with Gasteiger partial charge in [-0.15, -0.1) is 0 Å². The van der Waals surface area contributed by atoms with E-state index in [0.29, 0.717) is 32.1 Å². The first-order valence-electron chi connectivity index (χ1n) is 17.4. The summed E-state index contributed by atoms with van der Waals surface area (Å²) < 4.78 is 6.26. The number of carbonyl (C=O) groups excluding carboxylic acids is 2. The molecule has 2 N–H and O–H groups in total. The molecular formula is C37H54O7. The van der Waals surface area contributed by atoms with Crippen LogP contribution in [-0.2, 0) is 23.9 Å². The van der Waals surface area contributed by atoms with Crippen LogP contribution in [0.5, 0.6) is 0 Å². The monoisotopic (exact) mass is 610 g/mol. The van der Waals surface area contributed by atoms with Gasteiger partial charge in [0.05, 0.1) is 17.3 Å². The molecule has 0 saturated heterocycles. The molecule has 0 amide bonds. The third kappa shape index (κ3) is 4.55. The molecule has 2 unspecified atom stereocenters. The molecule has 5 fully saturated rings. The second-order valence-corrected chi connectivity index (χ2v) is 17.6. The lowest BCUT2D eigenvalue weighted by Gasteiger charge is -2.67. The number of ether oxygens (including phenoxy) is 1. The molecule has 244 valence electrons. The van der Waals surface area contributed by atoms with Crippen molar-refractivity contribution >= 4 is 23.7 Å². The summed E-state index contributed by atoms with van der Waals surface area (Å²) >= 11 is 0. The molecule has 6 aliphatic rings. The third-order valence-corrected chi connectivity index (χ3v) is 14.9. The molecule has 0 radical (unpaired) electrons. The topological polar surface area (TPSA) is 118 Å². The molecule has 0 aromatic rings. The molecule has 6 aliphatic carbocycles. The Kier molecular flexibility index (Phi) is 7.53. The summed E-state index contributed by atoms with van der Waals surface area (Å²) in [5.74, 6) is -2.51. The highest BCUT2D eigenvalue weighted by atomic mass is 16.5. The summed E-state index contributed by atoms with van der Waals surface area (Å²) in [6, 6.07) is 0. The number of hydrogen-bond donors (Lipinski definition) is 2. The Hall–Kier alpha value is -2.18. The summed E-state index contributed by atoms with van der Waals surface area (Å²) in [6.45, 7) is 13.3. The first kappa shape index (κ1) is 31.8. The number of carboxylic acid groups (broad SMARTS) is 2. The van der Waals surface area contributed by atoms with Crippen molar-refractivity contribution in [2.45, 2.75) is 131 Å². The second kappa shape index (κ2) is 10.4. The Morgan fingerprint density at radius 1 is 0.773 bits per heavy atom. The fourth-order valence-electron chi connectivity index (χ4n) is 12.2. The molecule has 5 saturated carbocycles. The predicted octanol–water partition coefficient (Wildman–Crippen LogP) is 7.46. The van der Waals surface area contributed by atoms with E-state index in [-0.39, 0.29) is 63.2 Å². The van der Waals surface area contributed by atoms with E-state index in [1.165, 1.54) is 5.57 Å². The van der Waals surface area contributed by atoms with Crippen LogP contribution in [0.1, 0.15) is 125 Å². The summed E-state index contributed by atoms with van der Waals surface area (Å²) in [5, 5.41) is 19.9. The average molecular weight is 611 g/mol. The molecule has 11 atom stereocenters. The minimum atomic E-state index is -0.902. The van der Waals surface area contributed by atoms with Gasteiger partial charge < -0.3 is 14.9 Å². The van der Waals surface area contributed by atoms with Gasteiger partial charge in [0.1, 0.15) is 6.10 Å². The number of allylic oxidation sites excluding steroid dienone is 2. The van der Waals surface area contributed by atoms with Crippen molar-refractivity contribution < 1.29 is 34.1 Å². The van der Waals surface area contributed by atoms with E-state index in [9.17, 15) is 29.4 Å². The standard InChI is InChI=1S/C37H54O7/c1-33(2)27-12-15-36(5)24-11-14-34(3)17-18-35(4,32(42)43)20-25(34)23(24)19-26(38)29(36)37(27,6)16-13-28(33)44-31(41)22-10-8-7-9-21(22)30(39)40/h19,21-22,24-25,27-29H,7-18,20H2,1-6H3,(H,39,40)(H,42,43)/t21-,22+,24?,25-,27-,28-,29?,34-,35-,36-,37-/m0/s1. The molecule has 7 nitrogen and oxygen atoms in total. The van der Waals surface area contributed by atoms with E-state index >= 15 is 0 Å². The highest BCUT2D eigenvalue weighted by Gasteiger charge is 2.67. The van der Waals surface area contributed by atoms with Gasteiger partial charge in [0.2, 0.25) is 0 Å². The maximum absolute atomic E-state index is 14.5. The lowest BCUT2D eigenvalue weighted by Crippen LogP contribution is -2.64. The van der Waals surface area contributed by atoms with Gasteiger partial charge in [-0.05, 0) is 118 Å². The Morgan fingerprint density at radius 2 is 1.43 bits per heavy atom. The summed E-state index contributed by atoms with van der Waals surface area (Å²) in [5.41, 5.74) is -0.237. The average Bonchev–Trinajstić information content (AvgIpc) is 2.94. The maximum atomic E-state index is 14.5. The van der Waals surface area contributed by atoms with Crippen molar-refractivity contribution in [2.75, 3.05) is 0 Å². The van der Waals surface area contributed by atoms with Crippen molar-refractivity contribution in [2.24, 2.45) is 62.6 Å². The summed E-state index contributed by atoms with van der Waals surface area (Å²) in [6.07, 6.45) is 12.1. The Morgan fingerprint density at radius 3 is 2.09 bits per heavy atom. The van der Waals surface area contributed by atoms with Gasteiger partial charge >= 0.3 is 17.9 Å². The first-order chi connectivity index (χ1) is 20.5. The van der Waals surface area contributed by atoms with Gasteiger partial charge in [-0.25, -0.2) is 0 Å². The number of aliphatic carboxylic acids is 2. The first-order valence-corrected chi connectivity index (χ1v) is 17.4. The summed E-state index contributed by atoms with van der Waals surface area (Å²) in [7, 11) is 0. The third-order valence-electron chi connectivity index (χ3n) is 14.9. The molecule has 0 heterocycles. The lowest BCUT2D eigenvalue weighted by atomic mass is 9.37. The van der Waals surface area contributed by atoms with Crippen LogP contribution in [0.4, 0.5) is 0 Å². The SMILES string of the molecule is CC1(C)[C@@H](OC(=O)[C@@H]2CCCC[C@@H]2C(=O)O)CC[C@]2(C)C3C(=O)C=C4C(CC[C@@]5(C)CC[C@](C)(C(=O)O)C[C@@H]45)[C@]3(C)CC[C@@H]12. The molecule has 7 heteroatoms. The molecule has 0 spiro atoms. The zero-order valence-electron chi connectivity index (χ0n) is 27.7. The number of carbonyl (C=O) groups is 4. The number of hydrogen-bond acceptors (Lipinski definition) is 5. The van der Waals surface area contributed by atoms with E-state index in [1.54, 1.807) is 0 Å². The van der Waals surface area contributed by atoms with Gasteiger partial charge in [-0.1, -0.05) is 53.0 Å². The fourth-order valence-corrected chi connectivity index (χ4v) is 12.2. The molecule has 0 aliphatic heterocycles. The van der Waals surface area contributed by atoms with Crippen molar-refractivity contribution in [3.63, 3.8) is 0 Å². The Balaban J connectivity index is 1.27. The van der Waals surface area contributed by atoms with Gasteiger partial charge in [-0.3, -0.25) is 19.2 Å². The molecule has 0 aromatic heterocycles. The Labute approximate surface area is 263 Å². The number of fused-ring (bicyclic) bond motifs is 7. The minimum Gasteiger partial charge on any atom is -0.481 e. The van der Waals surface area contributed by atoms with Crippen LogP contribution in [0.25, 0.3) is 0 Å². The van der Waals surface area contributed by atoms with Crippen molar-refractivity contribution in [3.05, 3.63) is 11.6 Å². The molecule has 6 rings (SSSR count). The van der Waals surface area contributed by atoms with Crippen LogP contribution < -0.4 is 0 Å². The zero-order valence-corrected chi connectivity index (χ0v) is 27.7. The molecule has 0 aromatic carbocycles. The van der Waals surface area contributed by atoms with Gasteiger partial charge in [0, 0.05) is 11.3 Å². The van der Waals surface area contributed by atoms with E-state index < -0.39 is 29.2 Å². The maximum Gasteiger partial charge on any atom is 0.310 e. The van der Waals surface area contributed by atoms with Crippen molar-refractivity contribution in [1.82, 2.24) is 0 Å². The van der Waals surface area contributed by atoms with Crippen LogP contribution in [0, 0.1) is 62.6 Å². The number of esters is 1. The summed E-state index contributed by atoms with van der Waals surface area (Å²) in [4.78, 5) is 52.1. The van der Waals surface area contributed by atoms with Crippen LogP contribution in [0.2, 0.25) is 0 Å². The van der Waals surface area contributed by atoms with E-state index in [4.69, 9.17) is 4.74 Å². The van der Waals surface area contributed by atoms with E-state index in [1.807, 2.05) is 13.0 Å². The van der Waals surface area contributed by atoms with Crippen molar-refractivity contribution in [1.29, 1.82) is 0 Å². The number of ketones is 1. The van der Waals surface area contributed by atoms with Gasteiger partial charge in [0.25, 0.3) is 0 Å². The van der Waals surface area contributed by atoms with Crippen LogP contribution in [0.3, 0.4) is 0 Å². The quantitative estimate of drug-likeness (QED) is 0.317. The smallest absolute Gasteiger partial charge is 0.310 e. The second-order valence-electron chi connectivity index (χ2n) is 17.6. The minimum absolute atomic E-state index is 0.0454. The van der Waals surface area contributed by atoms with Gasteiger partial charge in [0.15, 0.2) is 5.78 Å². The lowest BCUT2D eigenvalue weighted by molar-refractivity contribution is -0.205.